The van der Waals surface area contributed by atoms with Crippen molar-refractivity contribution in [1.82, 2.24) is 5.32 Å². The van der Waals surface area contributed by atoms with Crippen LogP contribution in [0.25, 0.3) is 0 Å². The summed E-state index contributed by atoms with van der Waals surface area (Å²) in [6.45, 7) is 8.94. The van der Waals surface area contributed by atoms with Gasteiger partial charge in [-0.3, -0.25) is 0 Å². The predicted octanol–water partition coefficient (Wildman–Crippen LogP) is 4.68. The number of carbonyl (C=O) groups excluding carboxylic acids is 1. The molecule has 4 heteroatoms. The first kappa shape index (κ1) is 18.8. The van der Waals surface area contributed by atoms with Crippen LogP contribution in [0.5, 0.6) is 0 Å². The van der Waals surface area contributed by atoms with E-state index in [-0.39, 0.29) is 11.6 Å². The molecule has 134 valence electrons. The lowest BCUT2D eigenvalue weighted by Gasteiger charge is -2.24. The van der Waals surface area contributed by atoms with Crippen molar-refractivity contribution in [3.8, 4) is 0 Å². The number of hydrogen-bond donors (Lipinski definition) is 1. The third-order valence-electron chi connectivity index (χ3n) is 4.36. The molecule has 2 unspecified atom stereocenters. The molecular weight excluding hydrogens is 302 g/mol. The molecule has 1 saturated carbocycles. The SMILES string of the molecule is CCCCC1CC1(COCc1ccccc1)NC(=O)OC(C)(C)C. The fourth-order valence-corrected chi connectivity index (χ4v) is 3.01. The van der Waals surface area contributed by atoms with Crippen LogP contribution in [0.3, 0.4) is 0 Å². The Kier molecular flexibility index (Phi) is 6.27. The summed E-state index contributed by atoms with van der Waals surface area (Å²) in [5, 5.41) is 3.08. The minimum absolute atomic E-state index is 0.258. The third-order valence-corrected chi connectivity index (χ3v) is 4.36. The highest BCUT2D eigenvalue weighted by atomic mass is 16.6. The second-order valence-electron chi connectivity index (χ2n) is 7.80. The van der Waals surface area contributed by atoms with Crippen LogP contribution in [0.15, 0.2) is 30.3 Å². The van der Waals surface area contributed by atoms with E-state index >= 15 is 0 Å². The minimum Gasteiger partial charge on any atom is -0.444 e. The van der Waals surface area contributed by atoms with E-state index < -0.39 is 5.60 Å². The van der Waals surface area contributed by atoms with Gasteiger partial charge in [0.15, 0.2) is 0 Å². The monoisotopic (exact) mass is 333 g/mol. The van der Waals surface area contributed by atoms with Gasteiger partial charge in [0.2, 0.25) is 0 Å². The first-order valence-electron chi connectivity index (χ1n) is 8.97. The highest BCUT2D eigenvalue weighted by Crippen LogP contribution is 2.47. The van der Waals surface area contributed by atoms with Crippen molar-refractivity contribution >= 4 is 6.09 Å². The van der Waals surface area contributed by atoms with Gasteiger partial charge in [-0.25, -0.2) is 4.79 Å². The van der Waals surface area contributed by atoms with Crippen LogP contribution in [0.4, 0.5) is 4.79 Å². The summed E-state index contributed by atoms with van der Waals surface area (Å²) in [5.41, 5.74) is 0.409. The lowest BCUT2D eigenvalue weighted by Crippen LogP contribution is -2.44. The topological polar surface area (TPSA) is 47.6 Å². The van der Waals surface area contributed by atoms with Gasteiger partial charge in [-0.2, -0.15) is 0 Å². The standard InChI is InChI=1S/C20H31NO3/c1-5-6-12-17-13-20(17,21-18(22)24-19(2,3)4)15-23-14-16-10-8-7-9-11-16/h7-11,17H,5-6,12-15H2,1-4H3,(H,21,22). The smallest absolute Gasteiger partial charge is 0.408 e. The Morgan fingerprint density at radius 2 is 2.00 bits per heavy atom. The molecule has 2 rings (SSSR count). The molecule has 1 N–H and O–H groups in total. The molecule has 2 atom stereocenters. The first-order valence-corrected chi connectivity index (χ1v) is 8.97. The van der Waals surface area contributed by atoms with Gasteiger partial charge in [0, 0.05) is 0 Å². The molecule has 1 aliphatic rings. The molecule has 0 spiro atoms. The molecule has 0 radical (unpaired) electrons. The van der Waals surface area contributed by atoms with Gasteiger partial charge in [-0.1, -0.05) is 50.1 Å². The molecule has 1 aromatic carbocycles. The maximum atomic E-state index is 12.2. The van der Waals surface area contributed by atoms with Crippen molar-refractivity contribution in [2.75, 3.05) is 6.61 Å². The molecule has 4 nitrogen and oxygen atoms in total. The van der Waals surface area contributed by atoms with Crippen LogP contribution < -0.4 is 5.32 Å². The second-order valence-corrected chi connectivity index (χ2v) is 7.80. The number of alkyl carbamates (subject to hydrolysis) is 1. The van der Waals surface area contributed by atoms with E-state index in [1.807, 2.05) is 39.0 Å². The Morgan fingerprint density at radius 1 is 1.29 bits per heavy atom. The zero-order valence-electron chi connectivity index (χ0n) is 15.4. The largest absolute Gasteiger partial charge is 0.444 e. The van der Waals surface area contributed by atoms with Gasteiger partial charge in [0.1, 0.15) is 5.60 Å². The molecule has 0 saturated heterocycles. The quantitative estimate of drug-likeness (QED) is 0.751. The summed E-state index contributed by atoms with van der Waals surface area (Å²) in [4.78, 5) is 12.2. The Morgan fingerprint density at radius 3 is 2.62 bits per heavy atom. The van der Waals surface area contributed by atoms with E-state index in [0.717, 1.165) is 18.4 Å². The molecule has 0 bridgehead atoms. The van der Waals surface area contributed by atoms with Crippen molar-refractivity contribution in [3.05, 3.63) is 35.9 Å². The van der Waals surface area contributed by atoms with Crippen LogP contribution in [0, 0.1) is 5.92 Å². The Balaban J connectivity index is 1.88. The normalized spacial score (nSPS) is 22.9. The van der Waals surface area contributed by atoms with Crippen LogP contribution in [0.2, 0.25) is 0 Å². The van der Waals surface area contributed by atoms with E-state index in [1.165, 1.54) is 12.8 Å². The average Bonchev–Trinajstić information content (AvgIpc) is 3.16. The maximum Gasteiger partial charge on any atom is 0.408 e. The van der Waals surface area contributed by atoms with Crippen LogP contribution in [-0.2, 0) is 16.1 Å². The molecular formula is C20H31NO3. The number of rotatable bonds is 8. The summed E-state index contributed by atoms with van der Waals surface area (Å²) in [6, 6.07) is 10.1. The van der Waals surface area contributed by atoms with Gasteiger partial charge in [0.25, 0.3) is 0 Å². The van der Waals surface area contributed by atoms with Gasteiger partial charge in [-0.15, -0.1) is 0 Å². The van der Waals surface area contributed by atoms with Gasteiger partial charge in [0.05, 0.1) is 18.8 Å². The van der Waals surface area contributed by atoms with Crippen molar-refractivity contribution in [2.24, 2.45) is 5.92 Å². The molecule has 0 aromatic heterocycles. The number of hydrogen-bond acceptors (Lipinski definition) is 3. The molecule has 1 aromatic rings. The van der Waals surface area contributed by atoms with E-state index in [1.54, 1.807) is 0 Å². The number of carbonyl (C=O) groups is 1. The molecule has 0 aliphatic heterocycles. The summed E-state index contributed by atoms with van der Waals surface area (Å²) >= 11 is 0. The lowest BCUT2D eigenvalue weighted by molar-refractivity contribution is 0.0385. The van der Waals surface area contributed by atoms with Gasteiger partial charge < -0.3 is 14.8 Å². The van der Waals surface area contributed by atoms with E-state index in [2.05, 4.69) is 24.4 Å². The van der Waals surface area contributed by atoms with Crippen LogP contribution >= 0.6 is 0 Å². The van der Waals surface area contributed by atoms with Crippen molar-refractivity contribution in [2.45, 2.75) is 71.1 Å². The Hall–Kier alpha value is -1.55. The second kappa shape index (κ2) is 8.02. The summed E-state index contributed by atoms with van der Waals surface area (Å²) in [7, 11) is 0. The zero-order valence-corrected chi connectivity index (χ0v) is 15.4. The van der Waals surface area contributed by atoms with E-state index in [4.69, 9.17) is 9.47 Å². The number of ether oxygens (including phenoxy) is 2. The minimum atomic E-state index is -0.482. The lowest BCUT2D eigenvalue weighted by atomic mass is 10.1. The average molecular weight is 333 g/mol. The summed E-state index contributed by atoms with van der Waals surface area (Å²) in [6.07, 6.45) is 4.11. The van der Waals surface area contributed by atoms with Gasteiger partial charge >= 0.3 is 6.09 Å². The highest BCUT2D eigenvalue weighted by molar-refractivity contribution is 5.69. The fraction of sp³-hybridized carbons (Fsp3) is 0.650. The number of nitrogens with one attached hydrogen (secondary N) is 1. The summed E-state index contributed by atoms with van der Waals surface area (Å²) < 4.78 is 11.3. The Labute approximate surface area is 145 Å². The van der Waals surface area contributed by atoms with Gasteiger partial charge in [-0.05, 0) is 45.1 Å². The van der Waals surface area contributed by atoms with Crippen LogP contribution in [-0.4, -0.2) is 23.8 Å². The molecule has 0 heterocycles. The number of benzene rings is 1. The van der Waals surface area contributed by atoms with Crippen LogP contribution in [0.1, 0.15) is 58.9 Å². The highest BCUT2D eigenvalue weighted by Gasteiger charge is 2.55. The number of amides is 1. The first-order chi connectivity index (χ1) is 11.3. The summed E-state index contributed by atoms with van der Waals surface area (Å²) in [5.74, 6) is 0.487. The van der Waals surface area contributed by atoms with Crippen molar-refractivity contribution in [3.63, 3.8) is 0 Å². The molecule has 1 aliphatic carbocycles. The fourth-order valence-electron chi connectivity index (χ4n) is 3.01. The van der Waals surface area contributed by atoms with E-state index in [0.29, 0.717) is 19.1 Å². The molecule has 24 heavy (non-hydrogen) atoms. The maximum absolute atomic E-state index is 12.2. The third kappa shape index (κ3) is 5.82. The van der Waals surface area contributed by atoms with E-state index in [9.17, 15) is 4.79 Å². The predicted molar refractivity (Wildman–Crippen MR) is 95.8 cm³/mol. The number of unbranched alkanes of at least 4 members (excludes halogenated alkanes) is 1. The zero-order chi connectivity index (χ0) is 17.6. The van der Waals surface area contributed by atoms with Crippen molar-refractivity contribution < 1.29 is 14.3 Å². The van der Waals surface area contributed by atoms with Crippen molar-refractivity contribution in [1.29, 1.82) is 0 Å². The Bertz CT molecular complexity index is 523. The molecule has 1 fully saturated rings. The molecule has 1 amide bonds.